The Bertz CT molecular complexity index is 1400. The molecule has 3 unspecified atom stereocenters. The first-order valence-electron chi connectivity index (χ1n) is 15.8. The summed E-state index contributed by atoms with van der Waals surface area (Å²) in [5, 5.41) is 0. The quantitative estimate of drug-likeness (QED) is 0.185. The molecule has 0 spiro atoms. The van der Waals surface area contributed by atoms with Gasteiger partial charge in [0.05, 0.1) is 11.9 Å². The topological polar surface area (TPSA) is 104 Å². The van der Waals surface area contributed by atoms with Crippen LogP contribution in [0.25, 0.3) is 0 Å². The number of hydrogen-bond acceptors (Lipinski definition) is 8. The van der Waals surface area contributed by atoms with Crippen molar-refractivity contribution in [3.8, 4) is 5.75 Å². The van der Waals surface area contributed by atoms with Gasteiger partial charge in [-0.2, -0.15) is 0 Å². The minimum Gasteiger partial charge on any atom is -0.489 e. The summed E-state index contributed by atoms with van der Waals surface area (Å²) >= 11 is 0. The van der Waals surface area contributed by atoms with Crippen LogP contribution >= 0.6 is 0 Å². The monoisotopic (exact) mass is 664 g/mol. The van der Waals surface area contributed by atoms with Crippen LogP contribution in [0.5, 0.6) is 5.75 Å². The number of likely N-dealkylation sites (tertiary alicyclic amines) is 1. The van der Waals surface area contributed by atoms with Crippen molar-refractivity contribution in [1.29, 1.82) is 0 Å². The van der Waals surface area contributed by atoms with E-state index in [4.69, 9.17) is 10.5 Å². The first-order valence-corrected chi connectivity index (χ1v) is 15.8. The lowest BCUT2D eigenvalue weighted by atomic mass is 9.89. The molecule has 2 aliphatic rings. The summed E-state index contributed by atoms with van der Waals surface area (Å²) in [6.45, 7) is 15.8. The van der Waals surface area contributed by atoms with Gasteiger partial charge in [0.15, 0.2) is 0 Å². The largest absolute Gasteiger partial charge is 0.489 e. The highest BCUT2D eigenvalue weighted by molar-refractivity contribution is 5.93. The van der Waals surface area contributed by atoms with Crippen molar-refractivity contribution in [2.75, 3.05) is 33.4 Å². The lowest BCUT2D eigenvalue weighted by Gasteiger charge is -2.29. The third kappa shape index (κ3) is 14.5. The standard InChI is InChI=1S/C28H32FN5O2.C6H13NO.C3H5F/c1-30-27(20-33-15-6-14-31-21-33)28(35)34(16-13-22-9-11-23(29)12-10-22)18-24-17-26(19-32(24)2)36-25-7-4-3-5-8-25;1-6(2,3)5(7)4-8;1-3(2)4/h3-12,14-15,20,24,26H,1,13,16-19,21H2,2H3;4-5H,7H2,1-3H3;1H2,2H3/b27-20-;;. The Hall–Kier alpha value is -4.48. The van der Waals surface area contributed by atoms with Gasteiger partial charge in [0.2, 0.25) is 0 Å². The van der Waals surface area contributed by atoms with Gasteiger partial charge in [-0.25, -0.2) is 8.78 Å². The van der Waals surface area contributed by atoms with Crippen molar-refractivity contribution < 1.29 is 23.1 Å². The molecule has 0 bridgehead atoms. The zero-order chi connectivity index (χ0) is 35.7. The molecule has 2 aliphatic heterocycles. The first-order chi connectivity index (χ1) is 22.7. The summed E-state index contributed by atoms with van der Waals surface area (Å²) in [7, 11) is 2.06. The molecule has 4 rings (SSSR count). The van der Waals surface area contributed by atoms with Crippen molar-refractivity contribution in [3.63, 3.8) is 0 Å². The van der Waals surface area contributed by atoms with E-state index in [2.05, 4.69) is 35.2 Å². The van der Waals surface area contributed by atoms with Gasteiger partial charge in [-0.1, -0.05) is 57.7 Å². The first kappa shape index (κ1) is 39.7. The van der Waals surface area contributed by atoms with E-state index in [9.17, 15) is 18.4 Å². The molecule has 0 saturated carbocycles. The van der Waals surface area contributed by atoms with Crippen LogP contribution in [-0.2, 0) is 16.0 Å². The summed E-state index contributed by atoms with van der Waals surface area (Å²) in [5.41, 5.74) is 6.52. The van der Waals surface area contributed by atoms with Gasteiger partial charge < -0.3 is 25.1 Å². The number of allylic oxidation sites excluding steroid dienone is 2. The maximum Gasteiger partial charge on any atom is 0.274 e. The number of benzene rings is 2. The zero-order valence-electron chi connectivity index (χ0n) is 28.8. The molecule has 2 N–H and O–H groups in total. The number of para-hydroxylation sites is 1. The van der Waals surface area contributed by atoms with E-state index in [0.29, 0.717) is 26.2 Å². The molecular weight excluding hydrogens is 614 g/mol. The summed E-state index contributed by atoms with van der Waals surface area (Å²) in [5.74, 6) is 0.0389. The smallest absolute Gasteiger partial charge is 0.274 e. The molecule has 1 fully saturated rings. The molecule has 0 aromatic heterocycles. The summed E-state index contributed by atoms with van der Waals surface area (Å²) < 4.78 is 30.4. The van der Waals surface area contributed by atoms with Crippen LogP contribution in [0.15, 0.2) is 101 Å². The number of hydrogen-bond donors (Lipinski definition) is 1. The van der Waals surface area contributed by atoms with E-state index in [0.717, 1.165) is 30.6 Å². The lowest BCUT2D eigenvalue weighted by Crippen LogP contribution is -2.43. The number of rotatable bonds is 11. The molecule has 2 heterocycles. The Morgan fingerprint density at radius 3 is 2.38 bits per heavy atom. The lowest BCUT2D eigenvalue weighted by molar-refractivity contribution is -0.128. The van der Waals surface area contributed by atoms with E-state index in [1.165, 1.54) is 19.1 Å². The van der Waals surface area contributed by atoms with E-state index in [1.807, 2.05) is 62.2 Å². The van der Waals surface area contributed by atoms with Gasteiger partial charge in [-0.3, -0.25) is 19.7 Å². The fourth-order valence-corrected chi connectivity index (χ4v) is 4.63. The van der Waals surface area contributed by atoms with Crippen LogP contribution in [0.2, 0.25) is 0 Å². The Morgan fingerprint density at radius 2 is 1.85 bits per heavy atom. The van der Waals surface area contributed by atoms with Crippen LogP contribution in [0.3, 0.4) is 0 Å². The number of amides is 1. The van der Waals surface area contributed by atoms with Crippen LogP contribution in [0, 0.1) is 11.2 Å². The van der Waals surface area contributed by atoms with E-state index in [1.54, 1.807) is 35.5 Å². The highest BCUT2D eigenvalue weighted by Gasteiger charge is 2.33. The molecule has 11 heteroatoms. The highest BCUT2D eigenvalue weighted by atomic mass is 19.1. The fraction of sp³-hybridized carbons (Fsp3) is 0.405. The normalized spacial score (nSPS) is 18.1. The molecule has 260 valence electrons. The van der Waals surface area contributed by atoms with Gasteiger partial charge in [0.25, 0.3) is 5.91 Å². The van der Waals surface area contributed by atoms with Gasteiger partial charge in [-0.15, -0.1) is 0 Å². The van der Waals surface area contributed by atoms with Crippen molar-refractivity contribution in [1.82, 2.24) is 14.7 Å². The Morgan fingerprint density at radius 1 is 1.21 bits per heavy atom. The van der Waals surface area contributed by atoms with Crippen LogP contribution in [0.4, 0.5) is 8.78 Å². The van der Waals surface area contributed by atoms with Crippen molar-refractivity contribution in [2.24, 2.45) is 21.1 Å². The molecule has 2 aromatic rings. The number of likely N-dealkylation sites (N-methyl/N-ethyl adjacent to an activating group) is 1. The molecular formula is C37H50F2N6O3. The summed E-state index contributed by atoms with van der Waals surface area (Å²) in [6, 6.07) is 16.0. The van der Waals surface area contributed by atoms with Crippen molar-refractivity contribution >= 4 is 25.1 Å². The number of ether oxygens (including phenoxy) is 1. The number of aldehydes is 1. The number of carbonyl (C=O) groups is 2. The average Bonchev–Trinajstić information content (AvgIpc) is 3.40. The Balaban J connectivity index is 0.000000571. The van der Waals surface area contributed by atoms with E-state index in [-0.39, 0.29) is 46.9 Å². The average molecular weight is 665 g/mol. The van der Waals surface area contributed by atoms with E-state index >= 15 is 0 Å². The minimum atomic E-state index is -0.333. The maximum atomic E-state index is 13.6. The molecule has 48 heavy (non-hydrogen) atoms. The SMILES string of the molecule is C=C(C)F.C=N/C(=C\N1C=CC=NC1)C(=O)N(CCc1ccc(F)cc1)CC1CC(Oc2ccccc2)CN1C.CC(C)(C)C(N)C=O. The van der Waals surface area contributed by atoms with Crippen molar-refractivity contribution in [2.45, 2.75) is 58.7 Å². The molecule has 1 amide bonds. The molecule has 0 aliphatic carbocycles. The van der Waals surface area contributed by atoms with Gasteiger partial charge in [-0.05, 0) is 68.4 Å². The minimum absolute atomic E-state index is 0.0420. The molecule has 0 radical (unpaired) electrons. The molecule has 2 aromatic carbocycles. The van der Waals surface area contributed by atoms with Gasteiger partial charge in [0.1, 0.15) is 36.3 Å². The van der Waals surface area contributed by atoms with Crippen LogP contribution in [-0.4, -0.2) is 91.4 Å². The molecule has 1 saturated heterocycles. The number of carbonyl (C=O) groups excluding carboxylic acids is 2. The number of halogens is 2. The second-order valence-corrected chi connectivity index (χ2v) is 12.7. The third-order valence-corrected chi connectivity index (χ3v) is 7.54. The zero-order valence-corrected chi connectivity index (χ0v) is 28.8. The van der Waals surface area contributed by atoms with Crippen LogP contribution < -0.4 is 10.5 Å². The fourth-order valence-electron chi connectivity index (χ4n) is 4.63. The maximum absolute atomic E-state index is 13.6. The second kappa shape index (κ2) is 20.0. The number of aliphatic imine (C=N–C) groups is 2. The second-order valence-electron chi connectivity index (χ2n) is 12.7. The van der Waals surface area contributed by atoms with E-state index < -0.39 is 0 Å². The highest BCUT2D eigenvalue weighted by Crippen LogP contribution is 2.23. The Kier molecular flexibility index (Phi) is 16.6. The molecule has 9 nitrogen and oxygen atoms in total. The summed E-state index contributed by atoms with van der Waals surface area (Å²) in [4.78, 5) is 37.7. The van der Waals surface area contributed by atoms with Gasteiger partial charge >= 0.3 is 0 Å². The van der Waals surface area contributed by atoms with Crippen LogP contribution in [0.1, 0.15) is 39.7 Å². The third-order valence-electron chi connectivity index (χ3n) is 7.54. The Labute approximate surface area is 284 Å². The van der Waals surface area contributed by atoms with Crippen molar-refractivity contribution in [3.05, 3.63) is 103 Å². The van der Waals surface area contributed by atoms with Gasteiger partial charge in [0, 0.05) is 50.7 Å². The molecule has 3 atom stereocenters. The summed E-state index contributed by atoms with van der Waals surface area (Å²) in [6.07, 6.45) is 9.25. The number of nitrogens with zero attached hydrogens (tertiary/aromatic N) is 5. The predicted octanol–water partition coefficient (Wildman–Crippen LogP) is 5.80. The number of nitrogens with two attached hydrogens (primary N) is 1. The predicted molar refractivity (Wildman–Crippen MR) is 190 cm³/mol.